The van der Waals surface area contributed by atoms with Crippen molar-refractivity contribution in [2.45, 2.75) is 0 Å². The van der Waals surface area contributed by atoms with E-state index in [0.717, 1.165) is 22.0 Å². The number of phenols is 1. The van der Waals surface area contributed by atoms with Crippen molar-refractivity contribution in [1.82, 2.24) is 24.7 Å². The Hall–Kier alpha value is -3.78. The summed E-state index contributed by atoms with van der Waals surface area (Å²) in [4.78, 5) is 18.6. The number of hydrogen-bond donors (Lipinski definition) is 3. The van der Waals surface area contributed by atoms with Gasteiger partial charge in [0.1, 0.15) is 5.75 Å². The average molecular weight is 387 g/mol. The number of nitrogens with one attached hydrogen (secondary N) is 2. The molecule has 0 radical (unpaired) electrons. The number of hydrogen-bond acceptors (Lipinski definition) is 5. The first-order valence-corrected chi connectivity index (χ1v) is 8.90. The summed E-state index contributed by atoms with van der Waals surface area (Å²) >= 11 is 5.47. The predicted molar refractivity (Wildman–Crippen MR) is 109 cm³/mol. The summed E-state index contributed by atoms with van der Waals surface area (Å²) in [5.74, 6) is 0.454. The molecular formula is C20H13N5O2S. The van der Waals surface area contributed by atoms with Crippen LogP contribution in [0.5, 0.6) is 5.75 Å². The number of benzene rings is 2. The number of pyridine rings is 2. The monoisotopic (exact) mass is 387 g/mol. The molecule has 0 aliphatic rings. The zero-order valence-electron chi connectivity index (χ0n) is 14.4. The van der Waals surface area contributed by atoms with E-state index < -0.39 is 0 Å². The first-order valence-electron chi connectivity index (χ1n) is 8.50. The molecule has 0 bridgehead atoms. The maximum absolute atomic E-state index is 11.5. The molecule has 0 amide bonds. The quantitative estimate of drug-likeness (QED) is 0.401. The number of fused-ring (bicyclic) bond motifs is 2. The van der Waals surface area contributed by atoms with Crippen molar-refractivity contribution >= 4 is 34.0 Å². The molecule has 0 aliphatic carbocycles. The minimum absolute atomic E-state index is 0.0111. The largest absolute Gasteiger partial charge is 0.507 e. The fraction of sp³-hybridized carbons (Fsp3) is 0. The highest BCUT2D eigenvalue weighted by Crippen LogP contribution is 2.34. The average Bonchev–Trinajstić information content (AvgIpc) is 3.08. The SMILES string of the molecule is O=c1ccc2cc(-c3n[nH]c(=S)n3-c3cccc4ncccc34)c(O)cc2[nH]1. The van der Waals surface area contributed by atoms with Crippen LogP contribution >= 0.6 is 12.2 Å². The first-order chi connectivity index (χ1) is 13.6. The Labute approximate surface area is 162 Å². The van der Waals surface area contributed by atoms with Crippen molar-refractivity contribution < 1.29 is 5.11 Å². The van der Waals surface area contributed by atoms with Crippen molar-refractivity contribution in [3.8, 4) is 22.8 Å². The van der Waals surface area contributed by atoms with Gasteiger partial charge in [0.15, 0.2) is 10.6 Å². The fourth-order valence-corrected chi connectivity index (χ4v) is 3.58. The van der Waals surface area contributed by atoms with Crippen molar-refractivity contribution in [2.75, 3.05) is 0 Å². The van der Waals surface area contributed by atoms with E-state index >= 15 is 0 Å². The van der Waals surface area contributed by atoms with E-state index in [1.54, 1.807) is 22.9 Å². The van der Waals surface area contributed by atoms with Crippen LogP contribution in [0.15, 0.2) is 65.6 Å². The van der Waals surface area contributed by atoms with Crippen LogP contribution in [-0.4, -0.2) is 29.8 Å². The third-order valence-corrected chi connectivity index (χ3v) is 4.89. The molecule has 0 saturated heterocycles. The molecule has 0 saturated carbocycles. The smallest absolute Gasteiger partial charge is 0.248 e. The molecule has 3 heterocycles. The summed E-state index contributed by atoms with van der Waals surface area (Å²) < 4.78 is 2.17. The van der Waals surface area contributed by atoms with Crippen LogP contribution in [0.3, 0.4) is 0 Å². The van der Waals surface area contributed by atoms with Gasteiger partial charge in [-0.1, -0.05) is 6.07 Å². The van der Waals surface area contributed by atoms with Crippen molar-refractivity contribution in [2.24, 2.45) is 0 Å². The Morgan fingerprint density at radius 1 is 1.07 bits per heavy atom. The van der Waals surface area contributed by atoms with Gasteiger partial charge in [-0.3, -0.25) is 19.4 Å². The molecule has 3 N–H and O–H groups in total. The van der Waals surface area contributed by atoms with Crippen molar-refractivity contribution in [3.05, 3.63) is 75.9 Å². The second kappa shape index (κ2) is 6.14. The Morgan fingerprint density at radius 2 is 1.96 bits per heavy atom. The van der Waals surface area contributed by atoms with E-state index in [1.165, 1.54) is 12.1 Å². The summed E-state index contributed by atoms with van der Waals surface area (Å²) in [6, 6.07) is 16.0. The molecule has 136 valence electrons. The maximum Gasteiger partial charge on any atom is 0.248 e. The minimum Gasteiger partial charge on any atom is -0.507 e. The van der Waals surface area contributed by atoms with E-state index in [0.29, 0.717) is 21.7 Å². The lowest BCUT2D eigenvalue weighted by Crippen LogP contribution is -2.03. The fourth-order valence-electron chi connectivity index (χ4n) is 3.35. The second-order valence-corrected chi connectivity index (χ2v) is 6.70. The zero-order valence-corrected chi connectivity index (χ0v) is 15.2. The molecule has 5 rings (SSSR count). The lowest BCUT2D eigenvalue weighted by atomic mass is 10.1. The molecule has 0 spiro atoms. The second-order valence-electron chi connectivity index (χ2n) is 6.31. The summed E-state index contributed by atoms with van der Waals surface area (Å²) in [5.41, 5.74) is 2.44. The van der Waals surface area contributed by atoms with Gasteiger partial charge in [-0.15, -0.1) is 0 Å². The van der Waals surface area contributed by atoms with Crippen molar-refractivity contribution in [3.63, 3.8) is 0 Å². The lowest BCUT2D eigenvalue weighted by Gasteiger charge is -2.11. The third-order valence-electron chi connectivity index (χ3n) is 4.62. The number of aromatic amines is 2. The summed E-state index contributed by atoms with van der Waals surface area (Å²) in [7, 11) is 0. The van der Waals surface area contributed by atoms with Crippen molar-refractivity contribution in [1.29, 1.82) is 0 Å². The van der Waals surface area contributed by atoms with Crippen LogP contribution in [0.2, 0.25) is 0 Å². The number of rotatable bonds is 2. The molecular weight excluding hydrogens is 374 g/mol. The van der Waals surface area contributed by atoms with E-state index in [9.17, 15) is 9.90 Å². The van der Waals surface area contributed by atoms with Gasteiger partial charge in [-0.2, -0.15) is 5.10 Å². The molecule has 3 aromatic heterocycles. The van der Waals surface area contributed by atoms with Gasteiger partial charge in [0.25, 0.3) is 0 Å². The van der Waals surface area contributed by atoms with Gasteiger partial charge in [-0.25, -0.2) is 0 Å². The number of nitrogens with zero attached hydrogens (tertiary/aromatic N) is 3. The van der Waals surface area contributed by atoms with E-state index in [2.05, 4.69) is 20.2 Å². The highest BCUT2D eigenvalue weighted by Gasteiger charge is 2.17. The molecule has 0 unspecified atom stereocenters. The topological polar surface area (TPSA) is 99.6 Å². The van der Waals surface area contributed by atoms with Gasteiger partial charge in [0, 0.05) is 23.7 Å². The molecule has 8 heteroatoms. The molecule has 28 heavy (non-hydrogen) atoms. The van der Waals surface area contributed by atoms with Gasteiger partial charge in [0.2, 0.25) is 5.56 Å². The van der Waals surface area contributed by atoms with Crippen LogP contribution in [-0.2, 0) is 0 Å². The minimum atomic E-state index is -0.231. The molecule has 0 fully saturated rings. The Morgan fingerprint density at radius 3 is 2.86 bits per heavy atom. The van der Waals surface area contributed by atoms with Gasteiger partial charge in [-0.05, 0) is 54.0 Å². The Bertz CT molecular complexity index is 1480. The van der Waals surface area contributed by atoms with Crippen LogP contribution in [0, 0.1) is 4.77 Å². The molecule has 0 aliphatic heterocycles. The molecule has 2 aromatic carbocycles. The van der Waals surface area contributed by atoms with Gasteiger partial charge >= 0.3 is 0 Å². The lowest BCUT2D eigenvalue weighted by molar-refractivity contribution is 0.477. The van der Waals surface area contributed by atoms with Gasteiger partial charge < -0.3 is 10.1 Å². The summed E-state index contributed by atoms with van der Waals surface area (Å²) in [5, 5.41) is 19.5. The standard InChI is InChI=1S/C20H13N5O2S/c26-17-10-15-11(6-7-18(27)22-15)9-13(17)19-23-24-20(28)25(19)16-5-1-4-14-12(16)3-2-8-21-14/h1-10,26H,(H,22,27)(H,24,28). The third kappa shape index (κ3) is 2.50. The zero-order chi connectivity index (χ0) is 19.3. The highest BCUT2D eigenvalue weighted by molar-refractivity contribution is 7.71. The van der Waals surface area contributed by atoms with Crippen LogP contribution < -0.4 is 5.56 Å². The molecule has 7 nitrogen and oxygen atoms in total. The Kier molecular flexibility index (Phi) is 3.59. The summed E-state index contributed by atoms with van der Waals surface area (Å²) in [6.45, 7) is 0. The number of phenolic OH excluding ortho intramolecular Hbond substituents is 1. The van der Waals surface area contributed by atoms with Crippen LogP contribution in [0.1, 0.15) is 0 Å². The van der Waals surface area contributed by atoms with E-state index in [-0.39, 0.29) is 11.3 Å². The highest BCUT2D eigenvalue weighted by atomic mass is 32.1. The number of aromatic hydroxyl groups is 1. The molecule has 5 aromatic rings. The molecule has 0 atom stereocenters. The predicted octanol–water partition coefficient (Wildman–Crippen LogP) is 3.69. The first kappa shape index (κ1) is 16.4. The summed E-state index contributed by atoms with van der Waals surface area (Å²) in [6.07, 6.45) is 1.73. The number of H-pyrrole nitrogens is 2. The van der Waals surface area contributed by atoms with E-state index in [4.69, 9.17) is 12.2 Å². The maximum atomic E-state index is 11.5. The van der Waals surface area contributed by atoms with Crippen LogP contribution in [0.25, 0.3) is 38.9 Å². The van der Waals surface area contributed by atoms with Crippen LogP contribution in [0.4, 0.5) is 0 Å². The Balaban J connectivity index is 1.81. The normalized spacial score (nSPS) is 11.3. The number of aromatic nitrogens is 5. The van der Waals surface area contributed by atoms with E-state index in [1.807, 2.05) is 30.3 Å². The van der Waals surface area contributed by atoms with Gasteiger partial charge in [0.05, 0.1) is 22.3 Å².